The molecular weight excluding hydrogens is 378 g/mol. The Bertz CT molecular complexity index is 1180. The third-order valence-corrected chi connectivity index (χ3v) is 5.33. The molecule has 1 atom stereocenters. The number of nitrogens with one attached hydrogen (secondary N) is 2. The molecule has 0 aliphatic carbocycles. The first-order chi connectivity index (χ1) is 14.7. The van der Waals surface area contributed by atoms with Crippen molar-refractivity contribution in [2.45, 2.75) is 32.8 Å². The largest absolute Gasteiger partial charge is 0.376 e. The number of fused-ring (bicyclic) bond motifs is 1. The normalized spacial score (nSPS) is 16.3. The van der Waals surface area contributed by atoms with E-state index in [-0.39, 0.29) is 6.10 Å². The first-order valence-electron chi connectivity index (χ1n) is 10.1. The summed E-state index contributed by atoms with van der Waals surface area (Å²) in [6.45, 7) is 5.55. The maximum Gasteiger partial charge on any atom is 0.222 e. The van der Waals surface area contributed by atoms with Gasteiger partial charge in [-0.3, -0.25) is 5.10 Å². The molecule has 8 nitrogen and oxygen atoms in total. The van der Waals surface area contributed by atoms with Crippen LogP contribution in [0.5, 0.6) is 0 Å². The number of ether oxygens (including phenoxy) is 1. The molecule has 4 aromatic rings. The number of anilines is 1. The van der Waals surface area contributed by atoms with Crippen molar-refractivity contribution >= 4 is 16.9 Å². The Kier molecular flexibility index (Phi) is 4.84. The van der Waals surface area contributed by atoms with Crippen LogP contribution in [0.1, 0.15) is 24.2 Å². The Morgan fingerprint density at radius 1 is 1.10 bits per heavy atom. The molecule has 4 heterocycles. The molecule has 0 amide bonds. The van der Waals surface area contributed by atoms with Gasteiger partial charge in [0.05, 0.1) is 17.3 Å². The molecule has 0 spiro atoms. The van der Waals surface area contributed by atoms with E-state index in [1.54, 1.807) is 12.4 Å². The van der Waals surface area contributed by atoms with Crippen LogP contribution < -0.4 is 5.32 Å². The van der Waals surface area contributed by atoms with E-state index in [1.165, 1.54) is 0 Å². The van der Waals surface area contributed by atoms with Crippen molar-refractivity contribution in [3.8, 4) is 22.6 Å². The summed E-state index contributed by atoms with van der Waals surface area (Å²) in [5.74, 6) is 2.06. The highest BCUT2D eigenvalue weighted by atomic mass is 16.5. The van der Waals surface area contributed by atoms with Crippen molar-refractivity contribution in [2.75, 3.05) is 18.5 Å². The molecule has 152 valence electrons. The lowest BCUT2D eigenvalue weighted by atomic mass is 10.0. The number of aryl methyl sites for hydroxylation is 2. The van der Waals surface area contributed by atoms with E-state index in [9.17, 15) is 0 Å². The van der Waals surface area contributed by atoms with Gasteiger partial charge < -0.3 is 10.1 Å². The molecule has 1 aromatic carbocycles. The zero-order valence-electron chi connectivity index (χ0n) is 17.0. The van der Waals surface area contributed by atoms with Gasteiger partial charge in [-0.05, 0) is 44.4 Å². The maximum absolute atomic E-state index is 5.63. The van der Waals surface area contributed by atoms with Crippen molar-refractivity contribution in [1.29, 1.82) is 0 Å². The third-order valence-electron chi connectivity index (χ3n) is 5.33. The van der Waals surface area contributed by atoms with Gasteiger partial charge in [-0.1, -0.05) is 12.1 Å². The fourth-order valence-corrected chi connectivity index (χ4v) is 3.72. The molecule has 3 aromatic heterocycles. The molecular formula is C22H23N7O. The van der Waals surface area contributed by atoms with Gasteiger partial charge in [0.25, 0.3) is 0 Å². The number of hydrogen-bond donors (Lipinski definition) is 2. The lowest BCUT2D eigenvalue weighted by molar-refractivity contribution is 0.120. The van der Waals surface area contributed by atoms with Crippen molar-refractivity contribution in [2.24, 2.45) is 0 Å². The molecule has 1 fully saturated rings. The van der Waals surface area contributed by atoms with Gasteiger partial charge in [-0.15, -0.1) is 0 Å². The second-order valence-corrected chi connectivity index (χ2v) is 7.61. The van der Waals surface area contributed by atoms with E-state index >= 15 is 0 Å². The molecule has 2 N–H and O–H groups in total. The molecule has 1 unspecified atom stereocenters. The summed E-state index contributed by atoms with van der Waals surface area (Å²) in [4.78, 5) is 18.2. The minimum atomic E-state index is 0.250. The summed E-state index contributed by atoms with van der Waals surface area (Å²) in [5, 5.41) is 11.5. The summed E-state index contributed by atoms with van der Waals surface area (Å²) >= 11 is 0. The second kappa shape index (κ2) is 7.79. The first kappa shape index (κ1) is 18.6. The topological polar surface area (TPSA) is 102 Å². The number of aromatic amines is 1. The average molecular weight is 401 g/mol. The molecule has 1 aliphatic rings. The van der Waals surface area contributed by atoms with E-state index < -0.39 is 0 Å². The predicted molar refractivity (Wildman–Crippen MR) is 115 cm³/mol. The Morgan fingerprint density at radius 2 is 1.97 bits per heavy atom. The predicted octanol–water partition coefficient (Wildman–Crippen LogP) is 3.68. The van der Waals surface area contributed by atoms with Gasteiger partial charge in [-0.25, -0.2) is 19.9 Å². The molecule has 1 saturated heterocycles. The molecule has 8 heteroatoms. The fourth-order valence-electron chi connectivity index (χ4n) is 3.72. The third kappa shape index (κ3) is 3.73. The van der Waals surface area contributed by atoms with Crippen LogP contribution in [0.3, 0.4) is 0 Å². The van der Waals surface area contributed by atoms with Gasteiger partial charge in [-0.2, -0.15) is 5.10 Å². The van der Waals surface area contributed by atoms with E-state index in [0.717, 1.165) is 65.1 Å². The van der Waals surface area contributed by atoms with Gasteiger partial charge >= 0.3 is 0 Å². The minimum Gasteiger partial charge on any atom is -0.376 e. The SMILES string of the molecule is Cc1nc(-c2ccc3c(C)cc(-c4cnc(NCC5CCCO5)nc4)nc3c2)n[nH]1. The van der Waals surface area contributed by atoms with E-state index in [0.29, 0.717) is 11.8 Å². The van der Waals surface area contributed by atoms with Crippen LogP contribution in [-0.2, 0) is 4.74 Å². The first-order valence-corrected chi connectivity index (χ1v) is 10.1. The Hall–Kier alpha value is -3.39. The van der Waals surface area contributed by atoms with E-state index in [1.807, 2.05) is 19.1 Å². The highest BCUT2D eigenvalue weighted by Crippen LogP contribution is 2.27. The average Bonchev–Trinajstić information content (AvgIpc) is 3.44. The van der Waals surface area contributed by atoms with Crippen LogP contribution in [0, 0.1) is 13.8 Å². The summed E-state index contributed by atoms with van der Waals surface area (Å²) in [6, 6.07) is 8.18. The number of nitrogens with zero attached hydrogens (tertiary/aromatic N) is 5. The summed E-state index contributed by atoms with van der Waals surface area (Å²) in [7, 11) is 0. The van der Waals surface area contributed by atoms with E-state index in [2.05, 4.69) is 49.5 Å². The van der Waals surface area contributed by atoms with Crippen molar-refractivity contribution in [1.82, 2.24) is 30.1 Å². The van der Waals surface area contributed by atoms with Crippen LogP contribution in [0.2, 0.25) is 0 Å². The number of benzene rings is 1. The number of rotatable bonds is 5. The highest BCUT2D eigenvalue weighted by molar-refractivity contribution is 5.88. The van der Waals surface area contributed by atoms with Crippen LogP contribution in [0.4, 0.5) is 5.95 Å². The molecule has 0 bridgehead atoms. The summed E-state index contributed by atoms with van der Waals surface area (Å²) in [6.07, 6.45) is 6.07. The number of hydrogen-bond acceptors (Lipinski definition) is 7. The smallest absolute Gasteiger partial charge is 0.222 e. The monoisotopic (exact) mass is 401 g/mol. The summed E-state index contributed by atoms with van der Waals surface area (Å²) < 4.78 is 5.63. The van der Waals surface area contributed by atoms with E-state index in [4.69, 9.17) is 9.72 Å². The summed E-state index contributed by atoms with van der Waals surface area (Å²) in [5.41, 5.74) is 4.69. The van der Waals surface area contributed by atoms with Gasteiger partial charge in [0.1, 0.15) is 5.82 Å². The highest BCUT2D eigenvalue weighted by Gasteiger charge is 2.15. The Labute approximate surface area is 174 Å². The lowest BCUT2D eigenvalue weighted by Crippen LogP contribution is -2.19. The zero-order valence-corrected chi connectivity index (χ0v) is 17.0. The Morgan fingerprint density at radius 3 is 2.70 bits per heavy atom. The van der Waals surface area contributed by atoms with Crippen LogP contribution in [0.15, 0.2) is 36.7 Å². The number of aromatic nitrogens is 6. The molecule has 30 heavy (non-hydrogen) atoms. The molecule has 5 rings (SSSR count). The van der Waals surface area contributed by atoms with Crippen molar-refractivity contribution in [3.63, 3.8) is 0 Å². The maximum atomic E-state index is 5.63. The number of H-pyrrole nitrogens is 1. The molecule has 1 aliphatic heterocycles. The lowest BCUT2D eigenvalue weighted by Gasteiger charge is -2.11. The minimum absolute atomic E-state index is 0.250. The van der Waals surface area contributed by atoms with Crippen LogP contribution >= 0.6 is 0 Å². The van der Waals surface area contributed by atoms with Gasteiger partial charge in [0, 0.05) is 42.1 Å². The van der Waals surface area contributed by atoms with Gasteiger partial charge in [0.15, 0.2) is 5.82 Å². The second-order valence-electron chi connectivity index (χ2n) is 7.61. The quantitative estimate of drug-likeness (QED) is 0.526. The van der Waals surface area contributed by atoms with Crippen molar-refractivity contribution < 1.29 is 4.74 Å². The molecule has 0 saturated carbocycles. The van der Waals surface area contributed by atoms with Gasteiger partial charge in [0.2, 0.25) is 5.95 Å². The van der Waals surface area contributed by atoms with Crippen LogP contribution in [-0.4, -0.2) is 49.4 Å². The van der Waals surface area contributed by atoms with Crippen LogP contribution in [0.25, 0.3) is 33.5 Å². The molecule has 0 radical (unpaired) electrons. The fraction of sp³-hybridized carbons (Fsp3) is 0.318. The Balaban J connectivity index is 1.41. The van der Waals surface area contributed by atoms with Crippen molar-refractivity contribution in [3.05, 3.63) is 48.0 Å². The standard InChI is InChI=1S/C22H23N7O/c1-13-8-19(16-10-23-22(24-11-16)25-12-17-4-3-7-30-17)27-20-9-15(5-6-18(13)20)21-26-14(2)28-29-21/h5-6,8-11,17H,3-4,7,12H2,1-2H3,(H,23,24,25)(H,26,28,29). The zero-order chi connectivity index (χ0) is 20.5. The number of pyridine rings is 1.